The summed E-state index contributed by atoms with van der Waals surface area (Å²) in [6, 6.07) is 7.47. The van der Waals surface area contributed by atoms with Gasteiger partial charge in [0.1, 0.15) is 0 Å². The average Bonchev–Trinajstić information content (AvgIpc) is 2.18. The number of carboxylic acids is 1. The van der Waals surface area contributed by atoms with Crippen molar-refractivity contribution in [1.29, 1.82) is 0 Å². The van der Waals surface area contributed by atoms with Crippen LogP contribution in [0.1, 0.15) is 18.4 Å². The molecule has 0 bridgehead atoms. The number of hydrogen-bond acceptors (Lipinski definition) is 2. The van der Waals surface area contributed by atoms with Gasteiger partial charge in [-0.15, -0.1) is 0 Å². The molecule has 1 saturated carbocycles. The fourth-order valence-electron chi connectivity index (χ4n) is 1.70. The van der Waals surface area contributed by atoms with Gasteiger partial charge in [0.2, 0.25) is 0 Å². The summed E-state index contributed by atoms with van der Waals surface area (Å²) in [5.74, 6) is -0.929. The first-order chi connectivity index (χ1) is 7.65. The molecule has 1 fully saturated rings. The molecule has 16 heavy (non-hydrogen) atoms. The largest absolute Gasteiger partial charge is 0.481 e. The summed E-state index contributed by atoms with van der Waals surface area (Å²) < 4.78 is 5.58. The Morgan fingerprint density at radius 3 is 2.56 bits per heavy atom. The van der Waals surface area contributed by atoms with Crippen LogP contribution in [0.4, 0.5) is 0 Å². The van der Waals surface area contributed by atoms with Gasteiger partial charge in [-0.25, -0.2) is 0 Å². The zero-order chi connectivity index (χ0) is 11.5. The predicted molar refractivity (Wildman–Crippen MR) is 60.4 cm³/mol. The highest BCUT2D eigenvalue weighted by atomic mass is 35.5. The Labute approximate surface area is 99.0 Å². The molecule has 0 heterocycles. The summed E-state index contributed by atoms with van der Waals surface area (Å²) in [6.45, 7) is 0.522. The molecule has 0 saturated heterocycles. The highest BCUT2D eigenvalue weighted by Crippen LogP contribution is 2.30. The summed E-state index contributed by atoms with van der Waals surface area (Å²) in [7, 11) is 0. The number of carbonyl (C=O) groups is 1. The topological polar surface area (TPSA) is 46.5 Å². The molecule has 0 amide bonds. The first-order valence-corrected chi connectivity index (χ1v) is 5.62. The van der Waals surface area contributed by atoms with E-state index in [1.807, 2.05) is 24.3 Å². The lowest BCUT2D eigenvalue weighted by Gasteiger charge is -2.32. The Balaban J connectivity index is 1.73. The van der Waals surface area contributed by atoms with Gasteiger partial charge in [-0.05, 0) is 30.5 Å². The van der Waals surface area contributed by atoms with Gasteiger partial charge in [0, 0.05) is 5.02 Å². The maximum atomic E-state index is 10.6. The highest BCUT2D eigenvalue weighted by molar-refractivity contribution is 6.30. The second-order valence-corrected chi connectivity index (χ2v) is 4.50. The third kappa shape index (κ3) is 2.74. The molecule has 0 atom stereocenters. The third-order valence-corrected chi connectivity index (χ3v) is 3.09. The molecule has 1 aliphatic carbocycles. The van der Waals surface area contributed by atoms with Crippen LogP contribution in [0, 0.1) is 5.92 Å². The van der Waals surface area contributed by atoms with Crippen LogP contribution in [0.5, 0.6) is 0 Å². The standard InChI is InChI=1S/C12H13ClO3/c13-10-3-1-8(2-4-10)7-16-11-5-9(6-11)12(14)15/h1-4,9,11H,5-7H2,(H,14,15). The van der Waals surface area contributed by atoms with Gasteiger partial charge < -0.3 is 9.84 Å². The molecule has 0 aliphatic heterocycles. The number of rotatable bonds is 4. The minimum atomic E-state index is -0.716. The Hall–Kier alpha value is -1.06. The third-order valence-electron chi connectivity index (χ3n) is 2.84. The molecular formula is C12H13ClO3. The van der Waals surface area contributed by atoms with Crippen LogP contribution in [0.15, 0.2) is 24.3 Å². The molecule has 0 aromatic heterocycles. The number of ether oxygens (including phenoxy) is 1. The van der Waals surface area contributed by atoms with Gasteiger partial charge in [0.15, 0.2) is 0 Å². The van der Waals surface area contributed by atoms with Crippen molar-refractivity contribution in [2.24, 2.45) is 5.92 Å². The van der Waals surface area contributed by atoms with Crippen LogP contribution < -0.4 is 0 Å². The normalized spacial score (nSPS) is 23.8. The fourth-order valence-corrected chi connectivity index (χ4v) is 1.82. The summed E-state index contributed by atoms with van der Waals surface area (Å²) in [5.41, 5.74) is 1.06. The van der Waals surface area contributed by atoms with E-state index in [4.69, 9.17) is 21.4 Å². The van der Waals surface area contributed by atoms with Crippen LogP contribution in [0.2, 0.25) is 5.02 Å². The van der Waals surface area contributed by atoms with Crippen molar-refractivity contribution in [3.8, 4) is 0 Å². The van der Waals surface area contributed by atoms with E-state index in [2.05, 4.69) is 0 Å². The van der Waals surface area contributed by atoms with Gasteiger partial charge in [0.25, 0.3) is 0 Å². The van der Waals surface area contributed by atoms with Gasteiger partial charge >= 0.3 is 5.97 Å². The van der Waals surface area contributed by atoms with E-state index in [-0.39, 0.29) is 12.0 Å². The summed E-state index contributed by atoms with van der Waals surface area (Å²) in [5, 5.41) is 9.40. The molecule has 2 rings (SSSR count). The molecule has 4 heteroatoms. The Morgan fingerprint density at radius 2 is 2.00 bits per heavy atom. The molecular weight excluding hydrogens is 228 g/mol. The molecule has 0 spiro atoms. The minimum Gasteiger partial charge on any atom is -0.481 e. The molecule has 0 unspecified atom stereocenters. The number of carboxylic acid groups (broad SMARTS) is 1. The van der Waals surface area contributed by atoms with E-state index in [9.17, 15) is 4.79 Å². The van der Waals surface area contributed by atoms with Crippen LogP contribution in [-0.2, 0) is 16.1 Å². The van der Waals surface area contributed by atoms with Crippen LogP contribution >= 0.6 is 11.6 Å². The van der Waals surface area contributed by atoms with E-state index >= 15 is 0 Å². The van der Waals surface area contributed by atoms with Crippen molar-refractivity contribution in [3.63, 3.8) is 0 Å². The molecule has 86 valence electrons. The van der Waals surface area contributed by atoms with Crippen LogP contribution in [0.25, 0.3) is 0 Å². The predicted octanol–water partition coefficient (Wildman–Crippen LogP) is 2.72. The smallest absolute Gasteiger partial charge is 0.306 e. The minimum absolute atomic E-state index is 0.0942. The van der Waals surface area contributed by atoms with Crippen molar-refractivity contribution in [2.75, 3.05) is 0 Å². The summed E-state index contributed by atoms with van der Waals surface area (Å²) in [6.07, 6.45) is 1.35. The monoisotopic (exact) mass is 240 g/mol. The molecule has 1 N–H and O–H groups in total. The van der Waals surface area contributed by atoms with Gasteiger partial charge in [-0.1, -0.05) is 23.7 Å². The van der Waals surface area contributed by atoms with Crippen molar-refractivity contribution in [2.45, 2.75) is 25.6 Å². The number of hydrogen-bond donors (Lipinski definition) is 1. The van der Waals surface area contributed by atoms with Crippen molar-refractivity contribution in [3.05, 3.63) is 34.9 Å². The second-order valence-electron chi connectivity index (χ2n) is 4.07. The molecule has 1 aromatic rings. The zero-order valence-electron chi connectivity index (χ0n) is 8.73. The molecule has 1 aliphatic rings. The maximum Gasteiger partial charge on any atom is 0.306 e. The highest BCUT2D eigenvalue weighted by Gasteiger charge is 2.34. The number of aliphatic carboxylic acids is 1. The van der Waals surface area contributed by atoms with E-state index in [0.717, 1.165) is 5.56 Å². The van der Waals surface area contributed by atoms with Crippen molar-refractivity contribution in [1.82, 2.24) is 0 Å². The van der Waals surface area contributed by atoms with Gasteiger partial charge in [-0.3, -0.25) is 4.79 Å². The van der Waals surface area contributed by atoms with Gasteiger partial charge in [-0.2, -0.15) is 0 Å². The van der Waals surface area contributed by atoms with Crippen molar-refractivity contribution >= 4 is 17.6 Å². The molecule has 3 nitrogen and oxygen atoms in total. The summed E-state index contributed by atoms with van der Waals surface area (Å²) >= 11 is 5.76. The lowest BCUT2D eigenvalue weighted by molar-refractivity contribution is -0.151. The average molecular weight is 241 g/mol. The quantitative estimate of drug-likeness (QED) is 0.880. The van der Waals surface area contributed by atoms with Crippen LogP contribution in [-0.4, -0.2) is 17.2 Å². The van der Waals surface area contributed by atoms with E-state index < -0.39 is 5.97 Å². The summed E-state index contributed by atoms with van der Waals surface area (Å²) in [4.78, 5) is 10.6. The zero-order valence-corrected chi connectivity index (χ0v) is 9.48. The van der Waals surface area contributed by atoms with E-state index in [1.54, 1.807) is 0 Å². The molecule has 1 aromatic carbocycles. The Morgan fingerprint density at radius 1 is 1.38 bits per heavy atom. The first kappa shape index (κ1) is 11.4. The molecule has 0 radical (unpaired) electrons. The second kappa shape index (κ2) is 4.85. The fraction of sp³-hybridized carbons (Fsp3) is 0.417. The van der Waals surface area contributed by atoms with Gasteiger partial charge in [0.05, 0.1) is 18.6 Å². The van der Waals surface area contributed by atoms with E-state index in [0.29, 0.717) is 24.5 Å². The first-order valence-electron chi connectivity index (χ1n) is 5.24. The Bertz CT molecular complexity index is 368. The van der Waals surface area contributed by atoms with Crippen LogP contribution in [0.3, 0.4) is 0 Å². The van der Waals surface area contributed by atoms with Crippen molar-refractivity contribution < 1.29 is 14.6 Å². The number of benzene rings is 1. The lowest BCUT2D eigenvalue weighted by atomic mass is 9.82. The lowest BCUT2D eigenvalue weighted by Crippen LogP contribution is -2.36. The number of halogens is 1. The SMILES string of the molecule is O=C(O)C1CC(OCc2ccc(Cl)cc2)C1. The Kier molecular flexibility index (Phi) is 3.46. The van der Waals surface area contributed by atoms with E-state index in [1.165, 1.54) is 0 Å². The maximum absolute atomic E-state index is 10.6.